The average molecular weight is 348 g/mol. The smallest absolute Gasteiger partial charge is 0.251 e. The lowest BCUT2D eigenvalue weighted by Gasteiger charge is -2.08. The molecule has 0 heterocycles. The number of carbonyl (C=O) groups is 1. The van der Waals surface area contributed by atoms with Crippen molar-refractivity contribution in [2.24, 2.45) is 0 Å². The monoisotopic (exact) mass is 347 g/mol. The number of aryl methyl sites for hydroxylation is 1. The lowest BCUT2D eigenvalue weighted by atomic mass is 10.1. The molecule has 0 unspecified atom stereocenters. The molecule has 2 aromatic carbocycles. The molecular weight excluding hydrogens is 330 g/mol. The van der Waals surface area contributed by atoms with Crippen LogP contribution in [0.3, 0.4) is 0 Å². The average Bonchev–Trinajstić information content (AvgIpc) is 2.48. The quantitative estimate of drug-likeness (QED) is 0.884. The van der Waals surface area contributed by atoms with Crippen molar-refractivity contribution >= 4 is 21.8 Å². The Kier molecular flexibility index (Phi) is 5.39. The number of hydrogen-bond donors (Lipinski definition) is 1. The van der Waals surface area contributed by atoms with Gasteiger partial charge in [0.15, 0.2) is 0 Å². The zero-order valence-electron chi connectivity index (χ0n) is 12.2. The first-order valence-corrected chi connectivity index (χ1v) is 7.65. The molecule has 0 radical (unpaired) electrons. The molecule has 1 amide bonds. The highest BCUT2D eigenvalue weighted by molar-refractivity contribution is 9.10. The summed E-state index contributed by atoms with van der Waals surface area (Å²) in [4.78, 5) is 12.1. The van der Waals surface area contributed by atoms with E-state index in [2.05, 4.69) is 21.2 Å². The van der Waals surface area contributed by atoms with Gasteiger partial charge in [-0.05, 0) is 49.2 Å². The molecule has 0 aliphatic rings. The van der Waals surface area contributed by atoms with E-state index in [4.69, 9.17) is 4.74 Å². The van der Waals surface area contributed by atoms with Crippen molar-refractivity contribution in [2.45, 2.75) is 20.4 Å². The summed E-state index contributed by atoms with van der Waals surface area (Å²) in [5.74, 6) is 0.736. The van der Waals surface area contributed by atoms with E-state index >= 15 is 0 Å². The molecule has 1 N–H and O–H groups in total. The van der Waals surface area contributed by atoms with Crippen LogP contribution in [0.1, 0.15) is 28.4 Å². The molecule has 0 saturated heterocycles. The van der Waals surface area contributed by atoms with E-state index in [1.807, 2.05) is 56.3 Å². The molecular formula is C17H18BrNO2. The summed E-state index contributed by atoms with van der Waals surface area (Å²) in [6.45, 7) is 5.05. The molecule has 0 fully saturated rings. The second-order valence-corrected chi connectivity index (χ2v) is 5.58. The Hall–Kier alpha value is -1.81. The van der Waals surface area contributed by atoms with E-state index in [0.717, 1.165) is 21.3 Å². The molecule has 0 bridgehead atoms. The first kappa shape index (κ1) is 15.6. The number of amides is 1. The van der Waals surface area contributed by atoms with Gasteiger partial charge in [-0.15, -0.1) is 0 Å². The van der Waals surface area contributed by atoms with Gasteiger partial charge in [0.05, 0.1) is 6.61 Å². The number of benzene rings is 2. The minimum Gasteiger partial charge on any atom is -0.494 e. The zero-order valence-corrected chi connectivity index (χ0v) is 13.7. The normalized spacial score (nSPS) is 10.2. The maximum atomic E-state index is 12.1. The molecule has 2 aromatic rings. The van der Waals surface area contributed by atoms with E-state index in [0.29, 0.717) is 18.7 Å². The molecule has 3 nitrogen and oxygen atoms in total. The minimum absolute atomic E-state index is 0.0856. The van der Waals surface area contributed by atoms with E-state index in [-0.39, 0.29) is 5.91 Å². The SMILES string of the molecule is CCOc1cccc(CNC(=O)c2ccc(C)c(Br)c2)c1. The maximum absolute atomic E-state index is 12.1. The first-order chi connectivity index (χ1) is 10.1. The first-order valence-electron chi connectivity index (χ1n) is 6.86. The van der Waals surface area contributed by atoms with Crippen molar-refractivity contribution in [1.29, 1.82) is 0 Å². The van der Waals surface area contributed by atoms with Crippen molar-refractivity contribution in [2.75, 3.05) is 6.61 Å². The summed E-state index contributed by atoms with van der Waals surface area (Å²) in [6, 6.07) is 13.3. The number of nitrogens with one attached hydrogen (secondary N) is 1. The van der Waals surface area contributed by atoms with Gasteiger partial charge < -0.3 is 10.1 Å². The van der Waals surface area contributed by atoms with Crippen LogP contribution in [0, 0.1) is 6.92 Å². The summed E-state index contributed by atoms with van der Waals surface area (Å²) in [6.07, 6.45) is 0. The van der Waals surface area contributed by atoms with Crippen molar-refractivity contribution in [1.82, 2.24) is 5.32 Å². The van der Waals surface area contributed by atoms with Crippen LogP contribution < -0.4 is 10.1 Å². The Labute approximate surface area is 133 Å². The molecule has 4 heteroatoms. The van der Waals surface area contributed by atoms with E-state index in [1.165, 1.54) is 0 Å². The Morgan fingerprint density at radius 2 is 2.05 bits per heavy atom. The fourth-order valence-corrected chi connectivity index (χ4v) is 2.31. The zero-order chi connectivity index (χ0) is 15.2. The predicted octanol–water partition coefficient (Wildman–Crippen LogP) is 4.09. The molecule has 0 aromatic heterocycles. The van der Waals surface area contributed by atoms with Gasteiger partial charge in [-0.2, -0.15) is 0 Å². The van der Waals surface area contributed by atoms with Crippen LogP contribution in [0.15, 0.2) is 46.9 Å². The third-order valence-electron chi connectivity index (χ3n) is 3.10. The van der Waals surface area contributed by atoms with Crippen molar-refractivity contribution in [3.8, 4) is 5.75 Å². The number of rotatable bonds is 5. The molecule has 0 saturated carbocycles. The maximum Gasteiger partial charge on any atom is 0.251 e. The second-order valence-electron chi connectivity index (χ2n) is 4.73. The van der Waals surface area contributed by atoms with Crippen LogP contribution >= 0.6 is 15.9 Å². The highest BCUT2D eigenvalue weighted by atomic mass is 79.9. The lowest BCUT2D eigenvalue weighted by molar-refractivity contribution is 0.0951. The number of carbonyl (C=O) groups excluding carboxylic acids is 1. The Morgan fingerprint density at radius 3 is 2.76 bits per heavy atom. The number of halogens is 1. The van der Waals surface area contributed by atoms with E-state index < -0.39 is 0 Å². The van der Waals surface area contributed by atoms with Crippen molar-refractivity contribution in [3.63, 3.8) is 0 Å². The van der Waals surface area contributed by atoms with Crippen LogP contribution in [-0.4, -0.2) is 12.5 Å². The summed E-state index contributed by atoms with van der Waals surface area (Å²) in [5, 5.41) is 2.92. The molecule has 110 valence electrons. The fraction of sp³-hybridized carbons (Fsp3) is 0.235. The molecule has 0 aliphatic carbocycles. The van der Waals surface area contributed by atoms with E-state index in [9.17, 15) is 4.79 Å². The van der Waals surface area contributed by atoms with Gasteiger partial charge in [-0.25, -0.2) is 0 Å². The highest BCUT2D eigenvalue weighted by Crippen LogP contribution is 2.18. The summed E-state index contributed by atoms with van der Waals surface area (Å²) < 4.78 is 6.39. The van der Waals surface area contributed by atoms with Gasteiger partial charge in [-0.1, -0.05) is 34.1 Å². The standard InChI is InChI=1S/C17H18BrNO2/c1-3-21-15-6-4-5-13(9-15)11-19-17(20)14-8-7-12(2)16(18)10-14/h4-10H,3,11H2,1-2H3,(H,19,20). The van der Waals surface area contributed by atoms with Gasteiger partial charge in [0, 0.05) is 16.6 Å². The van der Waals surface area contributed by atoms with Crippen molar-refractivity contribution < 1.29 is 9.53 Å². The molecule has 21 heavy (non-hydrogen) atoms. The summed E-state index contributed by atoms with van der Waals surface area (Å²) >= 11 is 3.44. The largest absolute Gasteiger partial charge is 0.494 e. The minimum atomic E-state index is -0.0856. The molecule has 0 aliphatic heterocycles. The van der Waals surface area contributed by atoms with Crippen molar-refractivity contribution in [3.05, 3.63) is 63.6 Å². The predicted molar refractivity (Wildman–Crippen MR) is 87.7 cm³/mol. The van der Waals surface area contributed by atoms with Crippen LogP contribution in [0.5, 0.6) is 5.75 Å². The Morgan fingerprint density at radius 1 is 1.24 bits per heavy atom. The van der Waals surface area contributed by atoms with Gasteiger partial charge in [0.2, 0.25) is 0 Å². The van der Waals surface area contributed by atoms with Crippen LogP contribution in [0.25, 0.3) is 0 Å². The summed E-state index contributed by atoms with van der Waals surface area (Å²) in [7, 11) is 0. The molecule has 0 atom stereocenters. The van der Waals surface area contributed by atoms with Gasteiger partial charge in [-0.3, -0.25) is 4.79 Å². The highest BCUT2D eigenvalue weighted by Gasteiger charge is 2.07. The topological polar surface area (TPSA) is 38.3 Å². The lowest BCUT2D eigenvalue weighted by Crippen LogP contribution is -2.22. The molecule has 2 rings (SSSR count). The number of ether oxygens (including phenoxy) is 1. The van der Waals surface area contributed by atoms with Crippen LogP contribution in [0.4, 0.5) is 0 Å². The Bertz CT molecular complexity index is 640. The molecule has 0 spiro atoms. The van der Waals surface area contributed by atoms with Gasteiger partial charge in [0.25, 0.3) is 5.91 Å². The summed E-state index contributed by atoms with van der Waals surface area (Å²) in [5.41, 5.74) is 2.77. The van der Waals surface area contributed by atoms with Crippen LogP contribution in [-0.2, 0) is 6.54 Å². The van der Waals surface area contributed by atoms with Gasteiger partial charge >= 0.3 is 0 Å². The third-order valence-corrected chi connectivity index (χ3v) is 3.95. The fourth-order valence-electron chi connectivity index (χ4n) is 1.93. The van der Waals surface area contributed by atoms with Gasteiger partial charge in [0.1, 0.15) is 5.75 Å². The third kappa shape index (κ3) is 4.33. The second kappa shape index (κ2) is 7.27. The Balaban J connectivity index is 2.00. The number of hydrogen-bond acceptors (Lipinski definition) is 2. The van der Waals surface area contributed by atoms with E-state index in [1.54, 1.807) is 0 Å². The van der Waals surface area contributed by atoms with Crippen LogP contribution in [0.2, 0.25) is 0 Å².